The number of phenolic OH excluding ortho intramolecular Hbond substituents is 1. The van der Waals surface area contributed by atoms with Gasteiger partial charge in [-0.2, -0.15) is 0 Å². The maximum Gasteiger partial charge on any atom is 0.253 e. The normalized spacial score (nSPS) is 17.4. The minimum atomic E-state index is -0.0784. The Morgan fingerprint density at radius 2 is 2.00 bits per heavy atom. The average molecular weight is 364 g/mol. The largest absolute Gasteiger partial charge is 0.508 e. The molecule has 2 aliphatic heterocycles. The van der Waals surface area contributed by atoms with Crippen molar-refractivity contribution in [2.24, 2.45) is 5.73 Å². The van der Waals surface area contributed by atoms with Crippen LogP contribution >= 0.6 is 0 Å². The second-order valence-corrected chi connectivity index (χ2v) is 7.42. The summed E-state index contributed by atoms with van der Waals surface area (Å²) >= 11 is 0. The van der Waals surface area contributed by atoms with E-state index >= 15 is 0 Å². The molecule has 4 rings (SSSR count). The highest BCUT2D eigenvalue weighted by Gasteiger charge is 2.44. The minimum absolute atomic E-state index is 0.0381. The fraction of sp³-hybridized carbons (Fsp3) is 0.318. The van der Waals surface area contributed by atoms with Crippen molar-refractivity contribution in [1.29, 1.82) is 0 Å². The third-order valence-corrected chi connectivity index (χ3v) is 5.82. The van der Waals surface area contributed by atoms with Crippen LogP contribution in [0.1, 0.15) is 29.5 Å². The molecule has 2 aromatic rings. The van der Waals surface area contributed by atoms with Gasteiger partial charge in [-0.1, -0.05) is 30.8 Å². The first-order valence-electron chi connectivity index (χ1n) is 9.26. The van der Waals surface area contributed by atoms with Crippen molar-refractivity contribution in [3.63, 3.8) is 0 Å². The van der Waals surface area contributed by atoms with E-state index in [-0.39, 0.29) is 17.1 Å². The van der Waals surface area contributed by atoms with E-state index in [2.05, 4.69) is 12.6 Å². The molecule has 0 unspecified atom stereocenters. The van der Waals surface area contributed by atoms with Gasteiger partial charge in [-0.3, -0.25) is 4.79 Å². The van der Waals surface area contributed by atoms with Gasteiger partial charge >= 0.3 is 0 Å². The van der Waals surface area contributed by atoms with Gasteiger partial charge in [0.05, 0.1) is 6.61 Å². The molecule has 1 spiro atoms. The van der Waals surface area contributed by atoms with E-state index in [1.165, 1.54) is 5.56 Å². The number of hydrogen-bond acceptors (Lipinski definition) is 4. The van der Waals surface area contributed by atoms with E-state index in [0.29, 0.717) is 37.4 Å². The summed E-state index contributed by atoms with van der Waals surface area (Å²) in [5.41, 5.74) is 9.16. The molecule has 0 bridgehead atoms. The minimum Gasteiger partial charge on any atom is -0.508 e. The van der Waals surface area contributed by atoms with Crippen LogP contribution in [0.25, 0.3) is 5.57 Å². The molecule has 1 fully saturated rings. The van der Waals surface area contributed by atoms with E-state index in [0.717, 1.165) is 24.2 Å². The lowest BCUT2D eigenvalue weighted by molar-refractivity contribution is -0.126. The van der Waals surface area contributed by atoms with Crippen LogP contribution in [0.5, 0.6) is 11.5 Å². The van der Waals surface area contributed by atoms with Crippen molar-refractivity contribution in [3.05, 3.63) is 65.7 Å². The van der Waals surface area contributed by atoms with Crippen LogP contribution in [0, 0.1) is 0 Å². The number of carbonyl (C=O) groups is 1. The number of aromatic hydroxyl groups is 1. The first kappa shape index (κ1) is 17.6. The van der Waals surface area contributed by atoms with Gasteiger partial charge in [-0.05, 0) is 42.2 Å². The Kier molecular flexibility index (Phi) is 4.40. The van der Waals surface area contributed by atoms with E-state index in [4.69, 9.17) is 10.5 Å². The fourth-order valence-electron chi connectivity index (χ4n) is 4.10. The number of carbonyl (C=O) groups excluding carboxylic acids is 1. The van der Waals surface area contributed by atoms with Crippen LogP contribution in [0.4, 0.5) is 0 Å². The van der Waals surface area contributed by atoms with Crippen LogP contribution in [-0.4, -0.2) is 35.6 Å². The SMILES string of the molecule is C=C(C(=O)N1CCC2(CC1)COc1ccc(CN)cc12)c1cccc(O)c1. The molecule has 2 aliphatic rings. The number of piperidine rings is 1. The highest BCUT2D eigenvalue weighted by molar-refractivity contribution is 6.18. The molecule has 1 saturated heterocycles. The highest BCUT2D eigenvalue weighted by atomic mass is 16.5. The Morgan fingerprint density at radius 3 is 2.70 bits per heavy atom. The van der Waals surface area contributed by atoms with Gasteiger partial charge in [0.15, 0.2) is 0 Å². The van der Waals surface area contributed by atoms with Crippen molar-refractivity contribution in [2.45, 2.75) is 24.8 Å². The number of rotatable bonds is 3. The fourth-order valence-corrected chi connectivity index (χ4v) is 4.10. The Bertz CT molecular complexity index is 898. The molecule has 0 saturated carbocycles. The van der Waals surface area contributed by atoms with Gasteiger partial charge in [-0.15, -0.1) is 0 Å². The summed E-state index contributed by atoms with van der Waals surface area (Å²) in [4.78, 5) is 14.7. The van der Waals surface area contributed by atoms with Crippen LogP contribution in [0.3, 0.4) is 0 Å². The van der Waals surface area contributed by atoms with E-state index in [1.807, 2.05) is 17.0 Å². The van der Waals surface area contributed by atoms with Crippen molar-refractivity contribution in [2.75, 3.05) is 19.7 Å². The van der Waals surface area contributed by atoms with Crippen LogP contribution in [0.15, 0.2) is 49.0 Å². The zero-order valence-electron chi connectivity index (χ0n) is 15.3. The predicted molar refractivity (Wildman–Crippen MR) is 104 cm³/mol. The van der Waals surface area contributed by atoms with Gasteiger partial charge in [0.25, 0.3) is 5.91 Å². The highest BCUT2D eigenvalue weighted by Crippen LogP contribution is 2.46. The number of amides is 1. The Balaban J connectivity index is 1.49. The Morgan fingerprint density at radius 1 is 1.22 bits per heavy atom. The number of nitrogens with two attached hydrogens (primary N) is 1. The molecule has 1 amide bonds. The maximum absolute atomic E-state index is 12.9. The van der Waals surface area contributed by atoms with Gasteiger partial charge in [0.2, 0.25) is 0 Å². The van der Waals surface area contributed by atoms with Crippen molar-refractivity contribution < 1.29 is 14.6 Å². The Hall–Kier alpha value is -2.79. The Labute approximate surface area is 159 Å². The summed E-state index contributed by atoms with van der Waals surface area (Å²) in [5, 5.41) is 9.64. The number of ether oxygens (including phenoxy) is 1. The molecular formula is C22H24N2O3. The first-order chi connectivity index (χ1) is 13.0. The van der Waals surface area contributed by atoms with Crippen molar-refractivity contribution >= 4 is 11.5 Å². The van der Waals surface area contributed by atoms with Crippen LogP contribution in [-0.2, 0) is 16.8 Å². The molecule has 27 heavy (non-hydrogen) atoms. The standard InChI is InChI=1S/C22H24N2O3/c1-15(17-3-2-4-18(25)12-17)21(26)24-9-7-22(8-10-24)14-27-20-6-5-16(13-23)11-19(20)22/h2-6,11-12,25H,1,7-10,13-14,23H2. The second-order valence-electron chi connectivity index (χ2n) is 7.42. The molecule has 2 heterocycles. The molecular weight excluding hydrogens is 340 g/mol. The predicted octanol–water partition coefficient (Wildman–Crippen LogP) is 2.82. The van der Waals surface area contributed by atoms with Gasteiger partial charge in [-0.25, -0.2) is 0 Å². The molecule has 5 nitrogen and oxygen atoms in total. The average Bonchev–Trinajstić information content (AvgIpc) is 3.05. The topological polar surface area (TPSA) is 75.8 Å². The number of phenols is 1. The summed E-state index contributed by atoms with van der Waals surface area (Å²) in [7, 11) is 0. The van der Waals surface area contributed by atoms with Gasteiger partial charge < -0.3 is 20.5 Å². The lowest BCUT2D eigenvalue weighted by Gasteiger charge is -2.39. The third kappa shape index (κ3) is 3.08. The summed E-state index contributed by atoms with van der Waals surface area (Å²) in [6, 6.07) is 12.8. The monoisotopic (exact) mass is 364 g/mol. The smallest absolute Gasteiger partial charge is 0.253 e. The summed E-state index contributed by atoms with van der Waals surface area (Å²) in [6.07, 6.45) is 1.71. The molecule has 5 heteroatoms. The lowest BCUT2D eigenvalue weighted by atomic mass is 9.74. The van der Waals surface area contributed by atoms with E-state index in [9.17, 15) is 9.90 Å². The number of nitrogens with zero attached hydrogens (tertiary/aromatic N) is 1. The zero-order valence-corrected chi connectivity index (χ0v) is 15.3. The molecule has 0 aromatic heterocycles. The molecule has 2 aromatic carbocycles. The maximum atomic E-state index is 12.9. The number of hydrogen-bond donors (Lipinski definition) is 2. The van der Waals surface area contributed by atoms with E-state index < -0.39 is 0 Å². The quantitative estimate of drug-likeness (QED) is 0.821. The van der Waals surface area contributed by atoms with Crippen LogP contribution < -0.4 is 10.5 Å². The van der Waals surface area contributed by atoms with Crippen molar-refractivity contribution in [3.8, 4) is 11.5 Å². The number of likely N-dealkylation sites (tertiary alicyclic amines) is 1. The summed E-state index contributed by atoms with van der Waals surface area (Å²) in [6.45, 7) is 6.44. The molecule has 140 valence electrons. The van der Waals surface area contributed by atoms with Crippen molar-refractivity contribution in [1.82, 2.24) is 4.90 Å². The first-order valence-corrected chi connectivity index (χ1v) is 9.26. The molecule has 0 atom stereocenters. The lowest BCUT2D eigenvalue weighted by Crippen LogP contribution is -2.46. The summed E-state index contributed by atoms with van der Waals surface area (Å²) in [5.74, 6) is 0.996. The van der Waals surface area contributed by atoms with E-state index in [1.54, 1.807) is 24.3 Å². The molecule has 3 N–H and O–H groups in total. The van der Waals surface area contributed by atoms with Gasteiger partial charge in [0, 0.05) is 36.2 Å². The third-order valence-electron chi connectivity index (χ3n) is 5.82. The number of fused-ring (bicyclic) bond motifs is 2. The second kappa shape index (κ2) is 6.74. The van der Waals surface area contributed by atoms with Crippen LogP contribution in [0.2, 0.25) is 0 Å². The molecule has 0 radical (unpaired) electrons. The van der Waals surface area contributed by atoms with Gasteiger partial charge in [0.1, 0.15) is 11.5 Å². The zero-order chi connectivity index (χ0) is 19.0. The molecule has 0 aliphatic carbocycles. The summed E-state index contributed by atoms with van der Waals surface area (Å²) < 4.78 is 5.93. The number of benzene rings is 2.